The van der Waals surface area contributed by atoms with Gasteiger partial charge in [0, 0.05) is 24.7 Å². The molecule has 1 amide bonds. The summed E-state index contributed by atoms with van der Waals surface area (Å²) in [4.78, 5) is 49.9. The Hall–Kier alpha value is -3.27. The molecule has 0 saturated heterocycles. The molecule has 3 aromatic rings. The highest BCUT2D eigenvalue weighted by Crippen LogP contribution is 2.23. The van der Waals surface area contributed by atoms with Crippen LogP contribution in [0.1, 0.15) is 32.4 Å². The molecule has 158 valence electrons. The minimum Gasteiger partial charge on any atom is -0.383 e. The van der Waals surface area contributed by atoms with Crippen LogP contribution in [0.2, 0.25) is 0 Å². The number of anilines is 2. The molecule has 3 rings (SSSR count). The number of aromatic nitrogens is 4. The number of carbonyl (C=O) groups excluding carboxylic acids is 1. The smallest absolute Gasteiger partial charge is 0.330 e. The van der Waals surface area contributed by atoms with E-state index in [-0.39, 0.29) is 30.4 Å². The predicted octanol–water partition coefficient (Wildman–Crippen LogP) is 2.03. The Morgan fingerprint density at radius 2 is 2.10 bits per heavy atom. The first-order valence-electron chi connectivity index (χ1n) is 9.75. The summed E-state index contributed by atoms with van der Waals surface area (Å²) in [6.45, 7) is 4.34. The lowest BCUT2D eigenvalue weighted by Crippen LogP contribution is -2.41. The van der Waals surface area contributed by atoms with Gasteiger partial charge in [0.15, 0.2) is 5.69 Å². The largest absolute Gasteiger partial charge is 0.383 e. The maximum atomic E-state index is 13.0. The number of hydrogen-bond donors (Lipinski definition) is 2. The molecule has 0 unspecified atom stereocenters. The van der Waals surface area contributed by atoms with E-state index >= 15 is 0 Å². The van der Waals surface area contributed by atoms with Crippen molar-refractivity contribution in [3.63, 3.8) is 0 Å². The molecule has 0 atom stereocenters. The van der Waals surface area contributed by atoms with Gasteiger partial charge in [-0.3, -0.25) is 24.1 Å². The van der Waals surface area contributed by atoms with Gasteiger partial charge in [0.1, 0.15) is 10.8 Å². The summed E-state index contributed by atoms with van der Waals surface area (Å²) < 4.78 is 1.30. The number of nitrogens with zero attached hydrogens (tertiary/aromatic N) is 4. The van der Waals surface area contributed by atoms with Crippen molar-refractivity contribution < 1.29 is 4.79 Å². The van der Waals surface area contributed by atoms with Crippen LogP contribution in [0.15, 0.2) is 39.4 Å². The molecule has 0 radical (unpaired) electrons. The minimum atomic E-state index is -0.673. The molecule has 0 spiro atoms. The van der Waals surface area contributed by atoms with Crippen LogP contribution < -0.4 is 21.9 Å². The number of rotatable bonds is 8. The topological polar surface area (TPSA) is 127 Å². The van der Waals surface area contributed by atoms with E-state index in [1.165, 1.54) is 20.8 Å². The summed E-state index contributed by atoms with van der Waals surface area (Å²) in [5, 5.41) is 2.51. The van der Waals surface area contributed by atoms with E-state index in [4.69, 9.17) is 5.73 Å². The van der Waals surface area contributed by atoms with Crippen LogP contribution in [0.4, 0.5) is 11.5 Å². The van der Waals surface area contributed by atoms with Crippen molar-refractivity contribution >= 4 is 28.7 Å². The van der Waals surface area contributed by atoms with Crippen LogP contribution in [0.3, 0.4) is 0 Å². The third kappa shape index (κ3) is 4.48. The monoisotopic (exact) mass is 428 g/mol. The standard InChI is InChI=1S/C20H24N6O3S/c1-3-5-10-26-17(21)16(18(28)24-20(26)29)25(4-2)15(27)11-13-12-30-19(23-13)14-8-6-7-9-22-14/h6-9,12H,3-5,10-11,21H2,1-2H3,(H,24,28,29). The van der Waals surface area contributed by atoms with E-state index in [9.17, 15) is 14.4 Å². The van der Waals surface area contributed by atoms with Gasteiger partial charge in [-0.15, -0.1) is 11.3 Å². The number of amides is 1. The van der Waals surface area contributed by atoms with Crippen LogP contribution in [0.5, 0.6) is 0 Å². The van der Waals surface area contributed by atoms with Gasteiger partial charge in [-0.05, 0) is 25.5 Å². The number of thiazole rings is 1. The van der Waals surface area contributed by atoms with Crippen LogP contribution in [-0.4, -0.2) is 32.0 Å². The SMILES string of the molecule is CCCCn1c(N)c(N(CC)C(=O)Cc2csc(-c3ccccn3)n2)c(=O)[nH]c1=O. The fourth-order valence-corrected chi connectivity index (χ4v) is 3.88. The second-order valence-corrected chi connectivity index (χ2v) is 7.53. The number of nitrogen functional groups attached to an aromatic ring is 1. The molecular formula is C20H24N6O3S. The van der Waals surface area contributed by atoms with Gasteiger partial charge in [0.25, 0.3) is 5.56 Å². The maximum absolute atomic E-state index is 13.0. The molecule has 0 aromatic carbocycles. The summed E-state index contributed by atoms with van der Waals surface area (Å²) in [6, 6.07) is 5.54. The molecule has 0 bridgehead atoms. The Morgan fingerprint density at radius 1 is 1.30 bits per heavy atom. The van der Waals surface area contributed by atoms with Gasteiger partial charge in [-0.2, -0.15) is 0 Å². The first kappa shape index (κ1) is 21.4. The average molecular weight is 429 g/mol. The molecule has 0 aliphatic carbocycles. The Bertz CT molecular complexity index is 1140. The molecule has 3 aromatic heterocycles. The van der Waals surface area contributed by atoms with Gasteiger partial charge in [0.05, 0.1) is 17.8 Å². The van der Waals surface area contributed by atoms with Crippen LogP contribution in [0.25, 0.3) is 10.7 Å². The first-order valence-corrected chi connectivity index (χ1v) is 10.6. The summed E-state index contributed by atoms with van der Waals surface area (Å²) >= 11 is 1.40. The van der Waals surface area contributed by atoms with Gasteiger partial charge in [-0.1, -0.05) is 19.4 Å². The highest BCUT2D eigenvalue weighted by atomic mass is 32.1. The number of H-pyrrole nitrogens is 1. The lowest BCUT2D eigenvalue weighted by atomic mass is 10.2. The van der Waals surface area contributed by atoms with Crippen molar-refractivity contribution in [2.24, 2.45) is 0 Å². The maximum Gasteiger partial charge on any atom is 0.330 e. The molecule has 0 aliphatic rings. The number of carbonyl (C=O) groups is 1. The van der Waals surface area contributed by atoms with Gasteiger partial charge in [-0.25, -0.2) is 9.78 Å². The summed E-state index contributed by atoms with van der Waals surface area (Å²) in [6.07, 6.45) is 3.27. The lowest BCUT2D eigenvalue weighted by molar-refractivity contribution is -0.118. The first-order chi connectivity index (χ1) is 14.5. The number of likely N-dealkylation sites (N-methyl/N-ethyl adjacent to an activating group) is 1. The molecule has 0 fully saturated rings. The van der Waals surface area contributed by atoms with Crippen LogP contribution in [0, 0.1) is 0 Å². The molecule has 10 heteroatoms. The number of hydrogen-bond acceptors (Lipinski definition) is 7. The molecule has 3 N–H and O–H groups in total. The van der Waals surface area contributed by atoms with Crippen molar-refractivity contribution in [2.45, 2.75) is 39.7 Å². The second-order valence-electron chi connectivity index (χ2n) is 6.67. The number of nitrogens with one attached hydrogen (secondary N) is 1. The Labute approximate surface area is 177 Å². The third-order valence-electron chi connectivity index (χ3n) is 4.60. The lowest BCUT2D eigenvalue weighted by Gasteiger charge is -2.23. The zero-order chi connectivity index (χ0) is 21.7. The summed E-state index contributed by atoms with van der Waals surface area (Å²) in [7, 11) is 0. The van der Waals surface area contributed by atoms with E-state index in [2.05, 4.69) is 15.0 Å². The summed E-state index contributed by atoms with van der Waals surface area (Å²) in [5.41, 5.74) is 6.21. The van der Waals surface area contributed by atoms with Gasteiger partial charge in [0.2, 0.25) is 5.91 Å². The Morgan fingerprint density at radius 3 is 2.77 bits per heavy atom. The van der Waals surface area contributed by atoms with Crippen LogP contribution >= 0.6 is 11.3 Å². The average Bonchev–Trinajstić information content (AvgIpc) is 3.20. The minimum absolute atomic E-state index is 0.000137. The van der Waals surface area contributed by atoms with Crippen molar-refractivity contribution in [3.05, 3.63) is 56.3 Å². The molecule has 9 nitrogen and oxygen atoms in total. The predicted molar refractivity (Wildman–Crippen MR) is 118 cm³/mol. The molecule has 3 heterocycles. The number of aromatic amines is 1. The van der Waals surface area contributed by atoms with Crippen molar-refractivity contribution in [1.29, 1.82) is 0 Å². The van der Waals surface area contributed by atoms with E-state index in [0.29, 0.717) is 17.2 Å². The fraction of sp³-hybridized carbons (Fsp3) is 0.350. The zero-order valence-electron chi connectivity index (χ0n) is 16.9. The highest BCUT2D eigenvalue weighted by Gasteiger charge is 2.23. The summed E-state index contributed by atoms with van der Waals surface area (Å²) in [5.74, 6) is -0.326. The van der Waals surface area contributed by atoms with E-state index in [0.717, 1.165) is 18.5 Å². The molecule has 30 heavy (non-hydrogen) atoms. The fourth-order valence-electron chi connectivity index (χ4n) is 3.08. The van der Waals surface area contributed by atoms with Gasteiger partial charge < -0.3 is 10.6 Å². The third-order valence-corrected chi connectivity index (χ3v) is 5.52. The molecular weight excluding hydrogens is 404 g/mol. The van der Waals surface area contributed by atoms with E-state index < -0.39 is 11.2 Å². The second kappa shape index (κ2) is 9.49. The van der Waals surface area contributed by atoms with Crippen LogP contribution in [-0.2, 0) is 17.8 Å². The highest BCUT2D eigenvalue weighted by molar-refractivity contribution is 7.13. The van der Waals surface area contributed by atoms with E-state index in [1.54, 1.807) is 18.5 Å². The van der Waals surface area contributed by atoms with Crippen molar-refractivity contribution in [1.82, 2.24) is 19.5 Å². The quantitative estimate of drug-likeness (QED) is 0.565. The number of pyridine rings is 1. The van der Waals surface area contributed by atoms with Crippen molar-refractivity contribution in [3.8, 4) is 10.7 Å². The normalized spacial score (nSPS) is 10.9. The Balaban J connectivity index is 1.88. The van der Waals surface area contributed by atoms with Gasteiger partial charge >= 0.3 is 5.69 Å². The zero-order valence-corrected chi connectivity index (χ0v) is 17.7. The number of unbranched alkanes of at least 4 members (excludes halogenated alkanes) is 1. The van der Waals surface area contributed by atoms with E-state index in [1.807, 2.05) is 25.1 Å². The molecule has 0 aliphatic heterocycles. The number of nitrogens with two attached hydrogens (primary N) is 1. The van der Waals surface area contributed by atoms with Crippen molar-refractivity contribution in [2.75, 3.05) is 17.2 Å². The Kier molecular flexibility index (Phi) is 6.78. The molecule has 0 saturated carbocycles.